The molecular formula is C25H19ClFN5O2. The Bertz CT molecular complexity index is 1640. The molecule has 1 atom stereocenters. The lowest BCUT2D eigenvalue weighted by molar-refractivity contribution is 0.0939. The summed E-state index contributed by atoms with van der Waals surface area (Å²) in [6.45, 7) is 3.49. The topological polar surface area (TPSA) is 81.3 Å². The minimum atomic E-state index is -0.620. The molecule has 0 aliphatic heterocycles. The van der Waals surface area contributed by atoms with E-state index in [1.54, 1.807) is 62.6 Å². The largest absolute Gasteiger partial charge is 0.344 e. The van der Waals surface area contributed by atoms with Crippen LogP contribution in [0.2, 0.25) is 5.02 Å². The van der Waals surface area contributed by atoms with Gasteiger partial charge in [-0.25, -0.2) is 13.9 Å². The number of halogens is 2. The van der Waals surface area contributed by atoms with Gasteiger partial charge in [0.05, 0.1) is 27.8 Å². The van der Waals surface area contributed by atoms with Gasteiger partial charge in [-0.1, -0.05) is 29.8 Å². The van der Waals surface area contributed by atoms with Crippen molar-refractivity contribution in [3.8, 4) is 5.69 Å². The minimum Gasteiger partial charge on any atom is -0.344 e. The van der Waals surface area contributed by atoms with Crippen molar-refractivity contribution < 1.29 is 9.18 Å². The highest BCUT2D eigenvalue weighted by molar-refractivity contribution is 6.35. The highest BCUT2D eigenvalue weighted by Crippen LogP contribution is 2.26. The molecule has 170 valence electrons. The van der Waals surface area contributed by atoms with Gasteiger partial charge in [-0.15, -0.1) is 0 Å². The van der Waals surface area contributed by atoms with E-state index < -0.39 is 17.4 Å². The third-order valence-corrected chi connectivity index (χ3v) is 5.99. The number of carbonyl (C=O) groups is 1. The SMILES string of the molecule is Cc1nn2cccnc2c1C(=O)N[C@@H](C)c1cc2cccc(Cl)c2c(=O)n1-c1cccc(F)c1. The molecule has 0 bridgehead atoms. The molecule has 7 nitrogen and oxygen atoms in total. The summed E-state index contributed by atoms with van der Waals surface area (Å²) in [6.07, 6.45) is 3.30. The van der Waals surface area contributed by atoms with Crippen molar-refractivity contribution in [1.82, 2.24) is 24.5 Å². The fourth-order valence-corrected chi connectivity index (χ4v) is 4.41. The van der Waals surface area contributed by atoms with Crippen LogP contribution in [-0.4, -0.2) is 25.1 Å². The lowest BCUT2D eigenvalue weighted by Crippen LogP contribution is -2.32. The quantitative estimate of drug-likeness (QED) is 0.411. The molecule has 0 unspecified atom stereocenters. The standard InChI is InChI=1S/C25H19ClFN5O2/c1-14(29-24(33)21-15(2)30-31-11-5-10-28-23(21)31)20-12-16-6-3-9-19(26)22(16)25(34)32(20)18-8-4-7-17(27)13-18/h3-14H,1-2H3,(H,29,33)/t14-/m0/s1. The molecule has 0 saturated heterocycles. The fourth-order valence-electron chi connectivity index (χ4n) is 4.15. The zero-order valence-electron chi connectivity index (χ0n) is 18.3. The molecule has 5 aromatic rings. The van der Waals surface area contributed by atoms with Crippen molar-refractivity contribution in [3.05, 3.63) is 105 Å². The maximum Gasteiger partial charge on any atom is 0.264 e. The summed E-state index contributed by atoms with van der Waals surface area (Å²) in [5.74, 6) is -0.873. The number of pyridine rings is 1. The van der Waals surface area contributed by atoms with Crippen LogP contribution in [0.25, 0.3) is 22.1 Å². The first kappa shape index (κ1) is 21.8. The van der Waals surface area contributed by atoms with Crippen LogP contribution >= 0.6 is 11.6 Å². The van der Waals surface area contributed by atoms with E-state index in [0.29, 0.717) is 44.1 Å². The number of amides is 1. The number of nitrogens with one attached hydrogen (secondary N) is 1. The summed E-state index contributed by atoms with van der Waals surface area (Å²) < 4.78 is 17.0. The molecular weight excluding hydrogens is 457 g/mol. The number of benzene rings is 2. The number of nitrogens with zero attached hydrogens (tertiary/aromatic N) is 4. The Balaban J connectivity index is 1.65. The molecule has 5 rings (SSSR count). The van der Waals surface area contributed by atoms with Crippen molar-refractivity contribution in [3.63, 3.8) is 0 Å². The van der Waals surface area contributed by atoms with Crippen LogP contribution in [0.15, 0.2) is 71.8 Å². The smallest absolute Gasteiger partial charge is 0.264 e. The van der Waals surface area contributed by atoms with Gasteiger partial charge >= 0.3 is 0 Å². The van der Waals surface area contributed by atoms with Gasteiger partial charge in [-0.2, -0.15) is 5.10 Å². The molecule has 1 amide bonds. The van der Waals surface area contributed by atoms with Crippen LogP contribution in [0, 0.1) is 12.7 Å². The third kappa shape index (κ3) is 3.62. The van der Waals surface area contributed by atoms with Gasteiger partial charge < -0.3 is 5.32 Å². The van der Waals surface area contributed by atoms with Crippen LogP contribution < -0.4 is 10.9 Å². The molecule has 1 N–H and O–H groups in total. The van der Waals surface area contributed by atoms with E-state index in [-0.39, 0.29) is 5.91 Å². The average molecular weight is 476 g/mol. The van der Waals surface area contributed by atoms with Crippen LogP contribution in [0.1, 0.15) is 34.7 Å². The molecule has 3 heterocycles. The summed E-state index contributed by atoms with van der Waals surface area (Å²) in [5.41, 5.74) is 1.70. The molecule has 0 spiro atoms. The lowest BCUT2D eigenvalue weighted by atomic mass is 10.1. The molecule has 3 aromatic heterocycles. The molecule has 0 aliphatic rings. The monoisotopic (exact) mass is 475 g/mol. The third-order valence-electron chi connectivity index (χ3n) is 5.68. The van der Waals surface area contributed by atoms with E-state index in [0.717, 1.165) is 0 Å². The summed E-state index contributed by atoms with van der Waals surface area (Å²) in [7, 11) is 0. The zero-order chi connectivity index (χ0) is 24.0. The van der Waals surface area contributed by atoms with Gasteiger partial charge in [0, 0.05) is 18.1 Å². The first-order valence-corrected chi connectivity index (χ1v) is 10.9. The number of rotatable bonds is 4. The maximum absolute atomic E-state index is 14.1. The number of aromatic nitrogens is 4. The number of hydrogen-bond donors (Lipinski definition) is 1. The molecule has 34 heavy (non-hydrogen) atoms. The fraction of sp³-hybridized carbons (Fsp3) is 0.120. The Morgan fingerprint density at radius 2 is 1.94 bits per heavy atom. The number of fused-ring (bicyclic) bond motifs is 2. The van der Waals surface area contributed by atoms with E-state index in [9.17, 15) is 14.0 Å². The number of carbonyl (C=O) groups excluding carboxylic acids is 1. The summed E-state index contributed by atoms with van der Waals surface area (Å²) in [6, 6.07) is 13.8. The van der Waals surface area contributed by atoms with Gasteiger partial charge in [-0.3, -0.25) is 14.2 Å². The molecule has 2 aromatic carbocycles. The highest BCUT2D eigenvalue weighted by Gasteiger charge is 2.23. The van der Waals surface area contributed by atoms with Crippen LogP contribution in [0.4, 0.5) is 4.39 Å². The second-order valence-electron chi connectivity index (χ2n) is 7.94. The molecule has 9 heteroatoms. The van der Waals surface area contributed by atoms with E-state index >= 15 is 0 Å². The molecule has 0 radical (unpaired) electrons. The van der Waals surface area contributed by atoms with Crippen molar-refractivity contribution in [2.45, 2.75) is 19.9 Å². The Hall–Kier alpha value is -4.04. The minimum absolute atomic E-state index is 0.295. The van der Waals surface area contributed by atoms with Crippen LogP contribution in [0.5, 0.6) is 0 Å². The van der Waals surface area contributed by atoms with E-state index in [2.05, 4.69) is 15.4 Å². The van der Waals surface area contributed by atoms with Crippen molar-refractivity contribution >= 4 is 33.9 Å². The Kier molecular flexibility index (Phi) is 5.37. The van der Waals surface area contributed by atoms with Gasteiger partial charge in [-0.05, 0) is 55.6 Å². The molecule has 0 aliphatic carbocycles. The number of aryl methyl sites for hydroxylation is 1. The van der Waals surface area contributed by atoms with Gasteiger partial charge in [0.1, 0.15) is 11.4 Å². The molecule has 0 fully saturated rings. The second kappa shape index (κ2) is 8.39. The normalized spacial score (nSPS) is 12.2. The van der Waals surface area contributed by atoms with E-state index in [1.165, 1.54) is 27.3 Å². The number of hydrogen-bond acceptors (Lipinski definition) is 4. The Morgan fingerprint density at radius 1 is 1.15 bits per heavy atom. The summed E-state index contributed by atoms with van der Waals surface area (Å²) >= 11 is 6.34. The van der Waals surface area contributed by atoms with Crippen molar-refractivity contribution in [2.75, 3.05) is 0 Å². The summed E-state index contributed by atoms with van der Waals surface area (Å²) in [4.78, 5) is 31.1. The van der Waals surface area contributed by atoms with E-state index in [4.69, 9.17) is 11.6 Å². The van der Waals surface area contributed by atoms with Gasteiger partial charge in [0.15, 0.2) is 5.65 Å². The van der Waals surface area contributed by atoms with E-state index in [1.807, 2.05) is 0 Å². The van der Waals surface area contributed by atoms with Crippen LogP contribution in [0.3, 0.4) is 0 Å². The second-order valence-corrected chi connectivity index (χ2v) is 8.34. The van der Waals surface area contributed by atoms with Gasteiger partial charge in [0.2, 0.25) is 0 Å². The lowest BCUT2D eigenvalue weighted by Gasteiger charge is -2.21. The van der Waals surface area contributed by atoms with Crippen molar-refractivity contribution in [2.24, 2.45) is 0 Å². The predicted molar refractivity (Wildman–Crippen MR) is 128 cm³/mol. The molecule has 0 saturated carbocycles. The first-order valence-electron chi connectivity index (χ1n) is 10.6. The first-order chi connectivity index (χ1) is 16.3. The average Bonchev–Trinajstić information content (AvgIpc) is 3.14. The van der Waals surface area contributed by atoms with Crippen molar-refractivity contribution in [1.29, 1.82) is 0 Å². The Morgan fingerprint density at radius 3 is 2.74 bits per heavy atom. The van der Waals surface area contributed by atoms with Gasteiger partial charge in [0.25, 0.3) is 11.5 Å². The van der Waals surface area contributed by atoms with Crippen LogP contribution in [-0.2, 0) is 0 Å². The zero-order valence-corrected chi connectivity index (χ0v) is 19.0. The summed E-state index contributed by atoms with van der Waals surface area (Å²) in [5, 5.41) is 8.51. The highest BCUT2D eigenvalue weighted by atomic mass is 35.5. The Labute approximate surface area is 198 Å². The maximum atomic E-state index is 14.1. The predicted octanol–water partition coefficient (Wildman–Crippen LogP) is 4.63.